The van der Waals surface area contributed by atoms with E-state index < -0.39 is 17.4 Å². The van der Waals surface area contributed by atoms with Gasteiger partial charge in [-0.05, 0) is 77.9 Å². The number of hydrogen-bond donors (Lipinski definition) is 0. The van der Waals surface area contributed by atoms with Crippen molar-refractivity contribution >= 4 is 11.9 Å². The number of carbonyl (C=O) groups excluding carboxylic acids is 2. The highest BCUT2D eigenvalue weighted by Gasteiger charge is 2.43. The summed E-state index contributed by atoms with van der Waals surface area (Å²) in [5.41, 5.74) is 7.30. The van der Waals surface area contributed by atoms with Crippen LogP contribution >= 0.6 is 0 Å². The lowest BCUT2D eigenvalue weighted by atomic mass is 9.60. The third-order valence-electron chi connectivity index (χ3n) is 7.67. The summed E-state index contributed by atoms with van der Waals surface area (Å²) < 4.78 is 22.1. The molecule has 4 aromatic carbocycles. The van der Waals surface area contributed by atoms with E-state index in [9.17, 15) is 9.59 Å². The van der Waals surface area contributed by atoms with Crippen LogP contribution in [0.25, 0.3) is 0 Å². The van der Waals surface area contributed by atoms with Gasteiger partial charge in [-0.25, -0.2) is 9.59 Å². The molecule has 0 spiro atoms. The molecule has 0 saturated heterocycles. The number of benzene rings is 4. The molecule has 4 aromatic rings. The number of ether oxygens (including phenoxy) is 4. The monoisotopic (exact) mass is 588 g/mol. The number of rotatable bonds is 12. The van der Waals surface area contributed by atoms with Gasteiger partial charge in [0.15, 0.2) is 0 Å². The zero-order valence-electron chi connectivity index (χ0n) is 25.1. The number of carbonyl (C=O) groups is 2. The first kappa shape index (κ1) is 30.4. The first-order valence-electron chi connectivity index (χ1n) is 14.6. The molecule has 6 nitrogen and oxygen atoms in total. The van der Waals surface area contributed by atoms with Crippen LogP contribution in [0.15, 0.2) is 121 Å². The SMILES string of the molecule is C=C(C)C(=O)OCCOc1ccc(C2(c3ccc(OCCOC(=O)C(=C)C)cc3)c3ccccc3Cc3ccccc32)cc1. The summed E-state index contributed by atoms with van der Waals surface area (Å²) in [5.74, 6) is 0.513. The smallest absolute Gasteiger partial charge is 0.333 e. The maximum absolute atomic E-state index is 11.7. The predicted octanol–water partition coefficient (Wildman–Crippen LogP) is 6.97. The van der Waals surface area contributed by atoms with Crippen LogP contribution in [0, 0.1) is 0 Å². The van der Waals surface area contributed by atoms with E-state index in [2.05, 4.69) is 86.0 Å². The Kier molecular flexibility index (Phi) is 9.29. The fraction of sp³-hybridized carbons (Fsp3) is 0.211. The van der Waals surface area contributed by atoms with E-state index in [0.717, 1.165) is 17.5 Å². The molecule has 0 N–H and O–H groups in total. The molecule has 0 amide bonds. The van der Waals surface area contributed by atoms with Crippen LogP contribution in [0.4, 0.5) is 0 Å². The second kappa shape index (κ2) is 13.5. The van der Waals surface area contributed by atoms with Crippen molar-refractivity contribution < 1.29 is 28.5 Å². The number of hydrogen-bond acceptors (Lipinski definition) is 6. The molecule has 0 aromatic heterocycles. The fourth-order valence-electron chi connectivity index (χ4n) is 5.66. The Balaban J connectivity index is 1.47. The van der Waals surface area contributed by atoms with Gasteiger partial charge in [0.25, 0.3) is 0 Å². The van der Waals surface area contributed by atoms with Gasteiger partial charge in [0.1, 0.15) is 37.9 Å². The fourth-order valence-corrected chi connectivity index (χ4v) is 5.66. The van der Waals surface area contributed by atoms with Crippen molar-refractivity contribution in [2.24, 2.45) is 0 Å². The number of esters is 2. The van der Waals surface area contributed by atoms with Gasteiger partial charge >= 0.3 is 11.9 Å². The molecular formula is C38H36O6. The Hall–Kier alpha value is -5.10. The van der Waals surface area contributed by atoms with Crippen LogP contribution in [0.3, 0.4) is 0 Å². The minimum Gasteiger partial charge on any atom is -0.490 e. The van der Waals surface area contributed by atoms with Gasteiger partial charge in [0, 0.05) is 11.1 Å². The van der Waals surface area contributed by atoms with Crippen LogP contribution in [-0.4, -0.2) is 38.4 Å². The maximum Gasteiger partial charge on any atom is 0.333 e. The number of fused-ring (bicyclic) bond motifs is 2. The lowest BCUT2D eigenvalue weighted by molar-refractivity contribution is -0.140. The van der Waals surface area contributed by atoms with Crippen LogP contribution < -0.4 is 9.47 Å². The molecule has 44 heavy (non-hydrogen) atoms. The highest BCUT2D eigenvalue weighted by Crippen LogP contribution is 2.51. The van der Waals surface area contributed by atoms with Crippen molar-refractivity contribution in [2.45, 2.75) is 25.7 Å². The van der Waals surface area contributed by atoms with Crippen LogP contribution in [0.1, 0.15) is 47.2 Å². The average molecular weight is 589 g/mol. The molecule has 0 atom stereocenters. The first-order valence-corrected chi connectivity index (χ1v) is 14.6. The zero-order chi connectivity index (χ0) is 31.1. The van der Waals surface area contributed by atoms with E-state index in [-0.39, 0.29) is 26.4 Å². The summed E-state index contributed by atoms with van der Waals surface area (Å²) in [6.45, 7) is 11.2. The Bertz CT molecular complexity index is 1540. The molecule has 0 aliphatic heterocycles. The highest BCUT2D eigenvalue weighted by molar-refractivity contribution is 5.87. The Labute approximate surface area is 258 Å². The molecule has 5 rings (SSSR count). The van der Waals surface area contributed by atoms with Crippen molar-refractivity contribution in [3.63, 3.8) is 0 Å². The average Bonchev–Trinajstić information content (AvgIpc) is 3.04. The molecule has 1 aliphatic rings. The first-order chi connectivity index (χ1) is 21.3. The van der Waals surface area contributed by atoms with Crippen LogP contribution in [0.2, 0.25) is 0 Å². The topological polar surface area (TPSA) is 71.1 Å². The molecular weight excluding hydrogens is 552 g/mol. The molecule has 0 fully saturated rings. The van der Waals surface area contributed by atoms with Gasteiger partial charge in [0.2, 0.25) is 0 Å². The van der Waals surface area contributed by atoms with Crippen molar-refractivity contribution in [3.8, 4) is 11.5 Å². The largest absolute Gasteiger partial charge is 0.490 e. The van der Waals surface area contributed by atoms with E-state index in [1.54, 1.807) is 13.8 Å². The lowest BCUT2D eigenvalue weighted by Gasteiger charge is -2.42. The van der Waals surface area contributed by atoms with Crippen molar-refractivity contribution in [2.75, 3.05) is 26.4 Å². The standard InChI is InChI=1S/C38H36O6/c1-26(2)36(39)43-23-21-41-32-17-13-30(14-18-32)38(31-15-19-33(20-16-31)42-22-24-44-37(40)27(3)4)34-11-7-5-9-28(34)25-29-10-6-8-12-35(29)38/h5-20H,1,3,21-25H2,2,4H3. The summed E-state index contributed by atoms with van der Waals surface area (Å²) >= 11 is 0. The minimum atomic E-state index is -0.587. The van der Waals surface area contributed by atoms with E-state index in [0.29, 0.717) is 22.6 Å². The van der Waals surface area contributed by atoms with Crippen molar-refractivity contribution in [1.82, 2.24) is 0 Å². The van der Waals surface area contributed by atoms with Crippen LogP contribution in [-0.2, 0) is 30.9 Å². The second-order valence-electron chi connectivity index (χ2n) is 10.8. The maximum atomic E-state index is 11.7. The summed E-state index contributed by atoms with van der Waals surface area (Å²) in [6.07, 6.45) is 0.849. The normalized spacial score (nSPS) is 12.7. The lowest BCUT2D eigenvalue weighted by Crippen LogP contribution is -2.36. The van der Waals surface area contributed by atoms with Crippen LogP contribution in [0.5, 0.6) is 11.5 Å². The summed E-state index contributed by atoms with van der Waals surface area (Å²) in [5, 5.41) is 0. The molecule has 0 heterocycles. The van der Waals surface area contributed by atoms with Crippen molar-refractivity contribution in [1.29, 1.82) is 0 Å². The Morgan fingerprint density at radius 2 is 0.977 bits per heavy atom. The van der Waals surface area contributed by atoms with Gasteiger partial charge in [0.05, 0.1) is 5.41 Å². The molecule has 0 radical (unpaired) electrons. The summed E-state index contributed by atoms with van der Waals surface area (Å²) in [7, 11) is 0. The van der Waals surface area contributed by atoms with Gasteiger partial charge in [-0.15, -0.1) is 0 Å². The van der Waals surface area contributed by atoms with E-state index >= 15 is 0 Å². The predicted molar refractivity (Wildman–Crippen MR) is 170 cm³/mol. The van der Waals surface area contributed by atoms with E-state index in [1.807, 2.05) is 24.3 Å². The van der Waals surface area contributed by atoms with E-state index in [4.69, 9.17) is 18.9 Å². The molecule has 0 bridgehead atoms. The Morgan fingerprint density at radius 1 is 0.591 bits per heavy atom. The second-order valence-corrected chi connectivity index (χ2v) is 10.8. The van der Waals surface area contributed by atoms with Crippen molar-refractivity contribution in [3.05, 3.63) is 155 Å². The highest BCUT2D eigenvalue weighted by atomic mass is 16.6. The van der Waals surface area contributed by atoms with Gasteiger partial charge in [-0.2, -0.15) is 0 Å². The van der Waals surface area contributed by atoms with E-state index in [1.165, 1.54) is 22.3 Å². The zero-order valence-corrected chi connectivity index (χ0v) is 25.1. The molecule has 224 valence electrons. The Morgan fingerprint density at radius 3 is 1.36 bits per heavy atom. The quantitative estimate of drug-likeness (QED) is 0.0891. The molecule has 6 heteroatoms. The summed E-state index contributed by atoms with van der Waals surface area (Å²) in [6, 6.07) is 33.5. The summed E-state index contributed by atoms with van der Waals surface area (Å²) in [4.78, 5) is 23.3. The third-order valence-corrected chi connectivity index (χ3v) is 7.67. The molecule has 1 aliphatic carbocycles. The van der Waals surface area contributed by atoms with Gasteiger partial charge in [-0.3, -0.25) is 0 Å². The third kappa shape index (κ3) is 6.30. The molecule has 0 saturated carbocycles. The molecule has 0 unspecified atom stereocenters. The minimum absolute atomic E-state index is 0.142. The van der Waals surface area contributed by atoms with Gasteiger partial charge < -0.3 is 18.9 Å². The van der Waals surface area contributed by atoms with Gasteiger partial charge in [-0.1, -0.05) is 86.0 Å².